The number of carbonyl (C=O) groups is 1. The SMILES string of the molecule is Cc1ccccc1-c1nc(C[S@@](=O)CC(=O)NC2CCCCC2)c(C)o1. The minimum Gasteiger partial charge on any atom is -0.441 e. The molecule has 1 saturated carbocycles. The van der Waals surface area contributed by atoms with Gasteiger partial charge in [0.05, 0.1) is 11.4 Å². The van der Waals surface area contributed by atoms with E-state index in [0.717, 1.165) is 36.8 Å². The first-order valence-electron chi connectivity index (χ1n) is 9.19. The van der Waals surface area contributed by atoms with Crippen molar-refractivity contribution in [1.82, 2.24) is 10.3 Å². The minimum atomic E-state index is -1.30. The minimum absolute atomic E-state index is 0.0164. The molecule has 0 bridgehead atoms. The molecule has 0 radical (unpaired) electrons. The Hall–Kier alpha value is -1.95. The highest BCUT2D eigenvalue weighted by Gasteiger charge is 2.19. The van der Waals surface area contributed by atoms with E-state index in [0.29, 0.717) is 17.3 Å². The predicted molar refractivity (Wildman–Crippen MR) is 103 cm³/mol. The highest BCUT2D eigenvalue weighted by molar-refractivity contribution is 7.84. The van der Waals surface area contributed by atoms with Crippen LogP contribution in [0.3, 0.4) is 0 Å². The zero-order valence-electron chi connectivity index (χ0n) is 15.4. The largest absolute Gasteiger partial charge is 0.441 e. The van der Waals surface area contributed by atoms with Crippen molar-refractivity contribution < 1.29 is 13.4 Å². The highest BCUT2D eigenvalue weighted by Crippen LogP contribution is 2.25. The summed E-state index contributed by atoms with van der Waals surface area (Å²) in [6.45, 7) is 3.83. The molecule has 1 N–H and O–H groups in total. The fraction of sp³-hybridized carbons (Fsp3) is 0.500. The maximum atomic E-state index is 12.4. The third-order valence-corrected chi connectivity index (χ3v) is 6.01. The van der Waals surface area contributed by atoms with Crippen LogP contribution in [-0.4, -0.2) is 26.9 Å². The van der Waals surface area contributed by atoms with E-state index < -0.39 is 10.8 Å². The van der Waals surface area contributed by atoms with Gasteiger partial charge in [0.25, 0.3) is 0 Å². The molecule has 6 heteroatoms. The van der Waals surface area contributed by atoms with Crippen LogP contribution in [0.25, 0.3) is 11.5 Å². The molecule has 0 unspecified atom stereocenters. The zero-order valence-corrected chi connectivity index (χ0v) is 16.2. The summed E-state index contributed by atoms with van der Waals surface area (Å²) < 4.78 is 18.2. The Morgan fingerprint density at radius 1 is 1.23 bits per heavy atom. The molecule has 140 valence electrons. The Kier molecular flexibility index (Phi) is 6.25. The molecule has 1 aliphatic carbocycles. The number of nitrogens with one attached hydrogen (secondary N) is 1. The molecule has 0 spiro atoms. The van der Waals surface area contributed by atoms with E-state index in [2.05, 4.69) is 10.3 Å². The van der Waals surface area contributed by atoms with Gasteiger partial charge in [-0.15, -0.1) is 0 Å². The second-order valence-electron chi connectivity index (χ2n) is 6.97. The summed E-state index contributed by atoms with van der Waals surface area (Å²) in [5.74, 6) is 1.32. The van der Waals surface area contributed by atoms with E-state index in [1.54, 1.807) is 0 Å². The number of aryl methyl sites for hydroxylation is 2. The van der Waals surface area contributed by atoms with Crippen LogP contribution in [0.1, 0.15) is 49.1 Å². The van der Waals surface area contributed by atoms with Crippen molar-refractivity contribution in [1.29, 1.82) is 0 Å². The number of aromatic nitrogens is 1. The Morgan fingerprint density at radius 2 is 1.96 bits per heavy atom. The van der Waals surface area contributed by atoms with Gasteiger partial charge in [0.15, 0.2) is 0 Å². The van der Waals surface area contributed by atoms with Gasteiger partial charge in [-0.2, -0.15) is 0 Å². The van der Waals surface area contributed by atoms with E-state index in [9.17, 15) is 9.00 Å². The van der Waals surface area contributed by atoms with E-state index in [1.807, 2.05) is 38.1 Å². The Morgan fingerprint density at radius 3 is 2.69 bits per heavy atom. The molecule has 1 aliphatic rings. The summed E-state index contributed by atoms with van der Waals surface area (Å²) in [6.07, 6.45) is 5.62. The molecular formula is C20H26N2O3S. The molecule has 3 rings (SSSR count). The van der Waals surface area contributed by atoms with E-state index >= 15 is 0 Å². The van der Waals surface area contributed by atoms with Gasteiger partial charge in [-0.1, -0.05) is 37.5 Å². The summed E-state index contributed by atoms with van der Waals surface area (Å²) in [5, 5.41) is 3.01. The van der Waals surface area contributed by atoms with Gasteiger partial charge in [-0.05, 0) is 38.3 Å². The molecule has 1 aromatic heterocycles. The van der Waals surface area contributed by atoms with Crippen molar-refractivity contribution in [2.45, 2.75) is 57.7 Å². The van der Waals surface area contributed by atoms with Crippen molar-refractivity contribution in [2.75, 3.05) is 5.75 Å². The number of hydrogen-bond acceptors (Lipinski definition) is 4. The molecule has 1 fully saturated rings. The fourth-order valence-electron chi connectivity index (χ4n) is 3.36. The summed E-state index contributed by atoms with van der Waals surface area (Å²) in [6, 6.07) is 8.11. The van der Waals surface area contributed by atoms with Crippen LogP contribution in [-0.2, 0) is 21.3 Å². The molecule has 1 heterocycles. The molecule has 5 nitrogen and oxygen atoms in total. The molecule has 1 aromatic carbocycles. The lowest BCUT2D eigenvalue weighted by Crippen LogP contribution is -2.38. The van der Waals surface area contributed by atoms with Gasteiger partial charge in [0.2, 0.25) is 11.8 Å². The highest BCUT2D eigenvalue weighted by atomic mass is 32.2. The summed E-state index contributed by atoms with van der Waals surface area (Å²) in [5.41, 5.74) is 2.67. The quantitative estimate of drug-likeness (QED) is 0.838. The van der Waals surface area contributed by atoms with Crippen LogP contribution in [0.5, 0.6) is 0 Å². The third kappa shape index (κ3) is 4.81. The van der Waals surface area contributed by atoms with Crippen LogP contribution < -0.4 is 5.32 Å². The molecule has 0 aliphatic heterocycles. The third-order valence-electron chi connectivity index (χ3n) is 4.83. The second kappa shape index (κ2) is 8.62. The predicted octanol–water partition coefficient (Wildman–Crippen LogP) is 3.66. The van der Waals surface area contributed by atoms with Gasteiger partial charge in [0, 0.05) is 22.4 Å². The lowest BCUT2D eigenvalue weighted by atomic mass is 9.95. The Balaban J connectivity index is 1.59. The van der Waals surface area contributed by atoms with Gasteiger partial charge in [0.1, 0.15) is 11.5 Å². The molecule has 1 atom stereocenters. The number of amides is 1. The summed E-state index contributed by atoms with van der Waals surface area (Å²) >= 11 is 0. The molecule has 26 heavy (non-hydrogen) atoms. The van der Waals surface area contributed by atoms with E-state index in [-0.39, 0.29) is 23.5 Å². The molecule has 0 saturated heterocycles. The van der Waals surface area contributed by atoms with Crippen molar-refractivity contribution in [3.8, 4) is 11.5 Å². The van der Waals surface area contributed by atoms with Gasteiger partial charge >= 0.3 is 0 Å². The van der Waals surface area contributed by atoms with Gasteiger partial charge in [-0.25, -0.2) is 4.98 Å². The lowest BCUT2D eigenvalue weighted by Gasteiger charge is -2.22. The van der Waals surface area contributed by atoms with Crippen molar-refractivity contribution in [3.63, 3.8) is 0 Å². The first kappa shape index (κ1) is 18.8. The molecule has 1 amide bonds. The monoisotopic (exact) mass is 374 g/mol. The zero-order chi connectivity index (χ0) is 18.5. The van der Waals surface area contributed by atoms with E-state index in [1.165, 1.54) is 6.42 Å². The number of nitrogens with zero attached hydrogens (tertiary/aromatic N) is 1. The van der Waals surface area contributed by atoms with Crippen LogP contribution >= 0.6 is 0 Å². The molecule has 2 aromatic rings. The van der Waals surface area contributed by atoms with Crippen LogP contribution in [0, 0.1) is 13.8 Å². The average molecular weight is 375 g/mol. The second-order valence-corrected chi connectivity index (χ2v) is 8.42. The standard InChI is InChI=1S/C20H26N2O3S/c1-14-8-6-7-11-17(14)20-22-18(15(2)25-20)12-26(24)13-19(23)21-16-9-4-3-5-10-16/h6-8,11,16H,3-5,9-10,12-13H2,1-2H3,(H,21,23)/t26-/m1/s1. The van der Waals surface area contributed by atoms with Gasteiger partial charge < -0.3 is 9.73 Å². The van der Waals surface area contributed by atoms with Crippen molar-refractivity contribution >= 4 is 16.7 Å². The maximum absolute atomic E-state index is 12.4. The Labute approximate surface area is 157 Å². The summed E-state index contributed by atoms with van der Waals surface area (Å²) in [7, 11) is -1.30. The van der Waals surface area contributed by atoms with Crippen molar-refractivity contribution in [3.05, 3.63) is 41.3 Å². The average Bonchev–Trinajstić information content (AvgIpc) is 2.96. The first-order valence-corrected chi connectivity index (χ1v) is 10.7. The number of hydrogen-bond donors (Lipinski definition) is 1. The lowest BCUT2D eigenvalue weighted by molar-refractivity contribution is -0.119. The van der Waals surface area contributed by atoms with Crippen molar-refractivity contribution in [2.24, 2.45) is 0 Å². The van der Waals surface area contributed by atoms with Crippen LogP contribution in [0.4, 0.5) is 0 Å². The van der Waals surface area contributed by atoms with Gasteiger partial charge in [-0.3, -0.25) is 9.00 Å². The number of rotatable bonds is 6. The Bertz CT molecular complexity index is 794. The van der Waals surface area contributed by atoms with Crippen LogP contribution in [0.2, 0.25) is 0 Å². The smallest absolute Gasteiger partial charge is 0.232 e. The topological polar surface area (TPSA) is 72.2 Å². The van der Waals surface area contributed by atoms with Crippen LogP contribution in [0.15, 0.2) is 28.7 Å². The summed E-state index contributed by atoms with van der Waals surface area (Å²) in [4.78, 5) is 16.6. The maximum Gasteiger partial charge on any atom is 0.232 e. The molecular weight excluding hydrogens is 348 g/mol. The normalized spacial score (nSPS) is 16.4. The number of benzene rings is 1. The number of carbonyl (C=O) groups excluding carboxylic acids is 1. The fourth-order valence-corrected chi connectivity index (χ4v) is 4.41. The first-order chi connectivity index (χ1) is 12.5. The number of oxazole rings is 1. The van der Waals surface area contributed by atoms with E-state index in [4.69, 9.17) is 4.42 Å².